The number of carbonyl (C=O) groups excluding carboxylic acids is 2. The van der Waals surface area contributed by atoms with Crippen molar-refractivity contribution in [1.29, 1.82) is 0 Å². The van der Waals surface area contributed by atoms with Crippen molar-refractivity contribution in [1.82, 2.24) is 4.90 Å². The summed E-state index contributed by atoms with van der Waals surface area (Å²) in [5.74, 6) is -1.01. The molecule has 4 rings (SSSR count). The zero-order chi connectivity index (χ0) is 25.7. The number of hydrogen-bond acceptors (Lipinski definition) is 9. The number of ether oxygens (including phenoxy) is 2. The first-order valence-electron chi connectivity index (χ1n) is 12.0. The van der Waals surface area contributed by atoms with Gasteiger partial charge in [0.2, 0.25) is 0 Å². The molecule has 2 heterocycles. The molecule has 2 aromatic rings. The highest BCUT2D eigenvalue weighted by Gasteiger charge is 2.25. The quantitative estimate of drug-likeness (QED) is 0.350. The minimum Gasteiger partial charge on any atom is -0.465 e. The van der Waals surface area contributed by atoms with E-state index in [1.165, 1.54) is 19.2 Å². The zero-order valence-corrected chi connectivity index (χ0v) is 20.6. The second-order valence-corrected chi connectivity index (χ2v) is 8.66. The fourth-order valence-corrected chi connectivity index (χ4v) is 4.55. The van der Waals surface area contributed by atoms with E-state index in [-0.39, 0.29) is 11.3 Å². The average Bonchev–Trinajstić information content (AvgIpc) is 2.92. The van der Waals surface area contributed by atoms with E-state index in [9.17, 15) is 19.7 Å². The molecule has 2 aliphatic rings. The number of morpholine rings is 1. The zero-order valence-electron chi connectivity index (χ0n) is 20.6. The second-order valence-electron chi connectivity index (χ2n) is 8.66. The number of amides is 1. The van der Waals surface area contributed by atoms with Gasteiger partial charge in [-0.25, -0.2) is 4.79 Å². The maximum atomic E-state index is 13.6. The van der Waals surface area contributed by atoms with Gasteiger partial charge in [0.05, 0.1) is 53.4 Å². The van der Waals surface area contributed by atoms with Crippen molar-refractivity contribution in [3.05, 3.63) is 57.6 Å². The van der Waals surface area contributed by atoms with Gasteiger partial charge in [0.25, 0.3) is 11.6 Å². The van der Waals surface area contributed by atoms with Crippen LogP contribution in [0.1, 0.15) is 27.6 Å². The van der Waals surface area contributed by atoms with Crippen molar-refractivity contribution in [2.24, 2.45) is 0 Å². The van der Waals surface area contributed by atoms with Crippen LogP contribution < -0.4 is 15.1 Å². The summed E-state index contributed by atoms with van der Waals surface area (Å²) in [6.45, 7) is 8.55. The lowest BCUT2D eigenvalue weighted by Gasteiger charge is -2.36. The van der Waals surface area contributed by atoms with Crippen molar-refractivity contribution < 1.29 is 24.0 Å². The molecule has 0 saturated carbocycles. The summed E-state index contributed by atoms with van der Waals surface area (Å²) in [4.78, 5) is 43.3. The fourth-order valence-electron chi connectivity index (χ4n) is 4.55. The molecule has 0 aliphatic carbocycles. The first kappa shape index (κ1) is 25.4. The number of methoxy groups -OCH3 is 1. The number of nitro groups is 1. The molecule has 2 aromatic carbocycles. The SMILES string of the molecule is CCN1CCN(c2ccc(C(=O)OC)cc2NC(=O)c2cc([N+](=O)[O-])ccc2N2CCOCC2)CC1. The van der Waals surface area contributed by atoms with Gasteiger partial charge in [-0.1, -0.05) is 6.92 Å². The van der Waals surface area contributed by atoms with E-state index in [0.29, 0.717) is 43.2 Å². The van der Waals surface area contributed by atoms with Gasteiger partial charge in [-0.05, 0) is 30.8 Å². The number of benzene rings is 2. The number of piperazine rings is 1. The van der Waals surface area contributed by atoms with Crippen LogP contribution in [0.25, 0.3) is 0 Å². The first-order valence-corrected chi connectivity index (χ1v) is 12.0. The molecule has 11 heteroatoms. The van der Waals surface area contributed by atoms with Crippen molar-refractivity contribution in [3.8, 4) is 0 Å². The largest absolute Gasteiger partial charge is 0.465 e. The second kappa shape index (κ2) is 11.4. The predicted octanol–water partition coefficient (Wildman–Crippen LogP) is 2.61. The molecule has 0 radical (unpaired) electrons. The summed E-state index contributed by atoms with van der Waals surface area (Å²) >= 11 is 0. The molecule has 0 atom stereocenters. The Bertz CT molecular complexity index is 1130. The molecular weight excluding hydrogens is 466 g/mol. The molecule has 2 aliphatic heterocycles. The molecule has 0 bridgehead atoms. The van der Waals surface area contributed by atoms with Crippen LogP contribution in [0.4, 0.5) is 22.7 Å². The first-order chi connectivity index (χ1) is 17.4. The molecule has 0 spiro atoms. The number of non-ortho nitro benzene ring substituents is 1. The number of carbonyl (C=O) groups is 2. The number of anilines is 3. The van der Waals surface area contributed by atoms with Crippen LogP contribution in [-0.4, -0.2) is 87.8 Å². The van der Waals surface area contributed by atoms with Crippen LogP contribution in [0.5, 0.6) is 0 Å². The maximum Gasteiger partial charge on any atom is 0.337 e. The highest BCUT2D eigenvalue weighted by molar-refractivity contribution is 6.10. The van der Waals surface area contributed by atoms with Crippen molar-refractivity contribution >= 4 is 34.6 Å². The standard InChI is InChI=1S/C25H31N5O6/c1-3-27-8-10-28(11-9-27)23-6-4-18(25(32)35-2)16-21(23)26-24(31)20-17-19(30(33)34)5-7-22(20)29-12-14-36-15-13-29/h4-7,16-17H,3,8-15H2,1-2H3,(H,26,31). The molecule has 192 valence electrons. The van der Waals surface area contributed by atoms with Gasteiger partial charge < -0.3 is 29.5 Å². The third kappa shape index (κ3) is 5.58. The number of nitro benzene ring substituents is 1. The van der Waals surface area contributed by atoms with E-state index in [0.717, 1.165) is 38.4 Å². The number of rotatable bonds is 7. The Kier molecular flexibility index (Phi) is 8.01. The maximum absolute atomic E-state index is 13.6. The molecule has 0 aromatic heterocycles. The van der Waals surface area contributed by atoms with Crippen LogP contribution in [0, 0.1) is 10.1 Å². The lowest BCUT2D eigenvalue weighted by Crippen LogP contribution is -2.46. The van der Waals surface area contributed by atoms with Crippen molar-refractivity contribution in [2.75, 3.05) is 81.3 Å². The lowest BCUT2D eigenvalue weighted by molar-refractivity contribution is -0.384. The summed E-state index contributed by atoms with van der Waals surface area (Å²) < 4.78 is 10.3. The summed E-state index contributed by atoms with van der Waals surface area (Å²) in [6.07, 6.45) is 0. The lowest BCUT2D eigenvalue weighted by atomic mass is 10.1. The molecule has 11 nitrogen and oxygen atoms in total. The Morgan fingerprint density at radius 2 is 1.67 bits per heavy atom. The van der Waals surface area contributed by atoms with Gasteiger partial charge in [0.15, 0.2) is 0 Å². The molecular formula is C25H31N5O6. The number of hydrogen-bond donors (Lipinski definition) is 1. The molecule has 0 unspecified atom stereocenters. The summed E-state index contributed by atoms with van der Waals surface area (Å²) in [6, 6.07) is 9.38. The Balaban J connectivity index is 1.69. The fraction of sp³-hybridized carbons (Fsp3) is 0.440. The number of nitrogens with one attached hydrogen (secondary N) is 1. The van der Waals surface area contributed by atoms with E-state index in [4.69, 9.17) is 9.47 Å². The van der Waals surface area contributed by atoms with Gasteiger partial charge in [-0.3, -0.25) is 14.9 Å². The molecule has 2 fully saturated rings. The van der Waals surface area contributed by atoms with E-state index < -0.39 is 16.8 Å². The number of esters is 1. The van der Waals surface area contributed by atoms with E-state index in [1.54, 1.807) is 24.3 Å². The molecule has 36 heavy (non-hydrogen) atoms. The van der Waals surface area contributed by atoms with Crippen LogP contribution in [0.15, 0.2) is 36.4 Å². The van der Waals surface area contributed by atoms with Crippen LogP contribution in [-0.2, 0) is 9.47 Å². The summed E-state index contributed by atoms with van der Waals surface area (Å²) in [5.41, 5.74) is 2.16. The Hall–Kier alpha value is -3.70. The Labute approximate surface area is 209 Å². The predicted molar refractivity (Wildman–Crippen MR) is 136 cm³/mol. The van der Waals surface area contributed by atoms with Gasteiger partial charge in [-0.2, -0.15) is 0 Å². The highest BCUT2D eigenvalue weighted by atomic mass is 16.6. The monoisotopic (exact) mass is 497 g/mol. The average molecular weight is 498 g/mol. The van der Waals surface area contributed by atoms with Gasteiger partial charge in [0, 0.05) is 51.4 Å². The Morgan fingerprint density at radius 3 is 2.31 bits per heavy atom. The van der Waals surface area contributed by atoms with Gasteiger partial charge >= 0.3 is 5.97 Å². The number of likely N-dealkylation sites (N-methyl/N-ethyl adjacent to an activating group) is 1. The Morgan fingerprint density at radius 1 is 1.00 bits per heavy atom. The molecule has 1 N–H and O–H groups in total. The third-order valence-corrected chi connectivity index (χ3v) is 6.61. The van der Waals surface area contributed by atoms with Crippen LogP contribution >= 0.6 is 0 Å². The third-order valence-electron chi connectivity index (χ3n) is 6.61. The van der Waals surface area contributed by atoms with Gasteiger partial charge in [0.1, 0.15) is 0 Å². The topological polar surface area (TPSA) is 117 Å². The van der Waals surface area contributed by atoms with Gasteiger partial charge in [-0.15, -0.1) is 0 Å². The van der Waals surface area contributed by atoms with E-state index in [2.05, 4.69) is 22.0 Å². The van der Waals surface area contributed by atoms with Crippen LogP contribution in [0.3, 0.4) is 0 Å². The minimum absolute atomic E-state index is 0.170. The van der Waals surface area contributed by atoms with Crippen molar-refractivity contribution in [2.45, 2.75) is 6.92 Å². The molecule has 2 saturated heterocycles. The normalized spacial score (nSPS) is 16.5. The summed E-state index contributed by atoms with van der Waals surface area (Å²) in [7, 11) is 1.30. The molecule has 1 amide bonds. The minimum atomic E-state index is -0.517. The number of nitrogens with zero attached hydrogens (tertiary/aromatic N) is 4. The highest BCUT2D eigenvalue weighted by Crippen LogP contribution is 2.32. The summed E-state index contributed by atoms with van der Waals surface area (Å²) in [5, 5.41) is 14.4. The van der Waals surface area contributed by atoms with Crippen molar-refractivity contribution in [3.63, 3.8) is 0 Å². The van der Waals surface area contributed by atoms with E-state index in [1.807, 2.05) is 4.90 Å². The smallest absolute Gasteiger partial charge is 0.337 e. The van der Waals surface area contributed by atoms with Crippen LogP contribution in [0.2, 0.25) is 0 Å². The van der Waals surface area contributed by atoms with E-state index >= 15 is 0 Å².